The van der Waals surface area contributed by atoms with Gasteiger partial charge in [-0.2, -0.15) is 5.10 Å². The second kappa shape index (κ2) is 10.9. The number of hydrogen-bond donors (Lipinski definition) is 1. The van der Waals surface area contributed by atoms with Gasteiger partial charge in [0.05, 0.1) is 22.4 Å². The first-order chi connectivity index (χ1) is 18.9. The summed E-state index contributed by atoms with van der Waals surface area (Å²) in [4.78, 5) is 27.1. The van der Waals surface area contributed by atoms with Crippen LogP contribution in [0.15, 0.2) is 103 Å². The Kier molecular flexibility index (Phi) is 7.00. The van der Waals surface area contributed by atoms with E-state index in [1.165, 1.54) is 12.1 Å². The van der Waals surface area contributed by atoms with Gasteiger partial charge in [0, 0.05) is 47.2 Å². The van der Waals surface area contributed by atoms with E-state index in [-0.39, 0.29) is 17.5 Å². The van der Waals surface area contributed by atoms with Crippen molar-refractivity contribution >= 4 is 17.8 Å². The van der Waals surface area contributed by atoms with E-state index in [9.17, 15) is 14.9 Å². The molecule has 0 aliphatic carbocycles. The number of pyridine rings is 1. The Hall–Kier alpha value is -5.51. The van der Waals surface area contributed by atoms with Crippen LogP contribution in [0.1, 0.15) is 27.3 Å². The molecule has 0 fully saturated rings. The molecule has 0 aliphatic heterocycles. The van der Waals surface area contributed by atoms with Crippen LogP contribution in [0.4, 0.5) is 5.69 Å². The summed E-state index contributed by atoms with van der Waals surface area (Å²) in [5.41, 5.74) is 7.53. The third-order valence-corrected chi connectivity index (χ3v) is 6.12. The molecule has 10 nitrogen and oxygen atoms in total. The van der Waals surface area contributed by atoms with Gasteiger partial charge in [0.1, 0.15) is 11.9 Å². The average Bonchev–Trinajstić information content (AvgIpc) is 3.58. The Morgan fingerprint density at radius 3 is 2.46 bits per heavy atom. The Balaban J connectivity index is 1.28. The molecular formula is C29H24N6O4. The van der Waals surface area contributed by atoms with E-state index in [2.05, 4.69) is 20.1 Å². The van der Waals surface area contributed by atoms with Crippen molar-refractivity contribution in [3.05, 3.63) is 130 Å². The lowest BCUT2D eigenvalue weighted by Crippen LogP contribution is -2.19. The number of para-hydroxylation sites is 1. The lowest BCUT2D eigenvalue weighted by atomic mass is 10.1. The van der Waals surface area contributed by atoms with Gasteiger partial charge in [-0.15, -0.1) is 0 Å². The first-order valence-electron chi connectivity index (χ1n) is 12.0. The SMILES string of the molecule is Cc1cc(/C=N\NC(=O)c2ccccc2-n2cccc2)c(C)n1-c1ccc(Oc2ccc([N+](=O)[O-])cn2)cc1. The van der Waals surface area contributed by atoms with Crippen molar-refractivity contribution in [2.75, 3.05) is 0 Å². The fourth-order valence-corrected chi connectivity index (χ4v) is 4.25. The molecule has 3 heterocycles. The molecule has 39 heavy (non-hydrogen) atoms. The number of nitrogens with zero attached hydrogens (tertiary/aromatic N) is 5. The second-order valence-corrected chi connectivity index (χ2v) is 8.68. The van der Waals surface area contributed by atoms with Gasteiger partial charge in [0.25, 0.3) is 11.6 Å². The molecule has 194 valence electrons. The molecule has 0 bridgehead atoms. The van der Waals surface area contributed by atoms with Crippen LogP contribution in [0, 0.1) is 24.0 Å². The minimum Gasteiger partial charge on any atom is -0.439 e. The van der Waals surface area contributed by atoms with Crippen LogP contribution in [0.25, 0.3) is 11.4 Å². The first-order valence-corrected chi connectivity index (χ1v) is 12.0. The largest absolute Gasteiger partial charge is 0.439 e. The van der Waals surface area contributed by atoms with Crippen LogP contribution in [0.5, 0.6) is 11.6 Å². The number of ether oxygens (including phenoxy) is 1. The summed E-state index contributed by atoms with van der Waals surface area (Å²) in [6, 6.07) is 23.3. The Bertz CT molecular complexity index is 1650. The molecule has 0 aliphatic rings. The van der Waals surface area contributed by atoms with Gasteiger partial charge in [0.15, 0.2) is 0 Å². The maximum absolute atomic E-state index is 12.8. The zero-order valence-electron chi connectivity index (χ0n) is 21.2. The highest BCUT2D eigenvalue weighted by Crippen LogP contribution is 2.25. The van der Waals surface area contributed by atoms with Crippen molar-refractivity contribution in [3.63, 3.8) is 0 Å². The molecule has 5 rings (SSSR count). The number of nitrogens with one attached hydrogen (secondary N) is 1. The zero-order chi connectivity index (χ0) is 27.4. The minimum atomic E-state index is -0.509. The Labute approximate surface area is 224 Å². The van der Waals surface area contributed by atoms with Crippen molar-refractivity contribution in [1.29, 1.82) is 0 Å². The summed E-state index contributed by atoms with van der Waals surface area (Å²) in [6.07, 6.45) is 6.56. The van der Waals surface area contributed by atoms with Gasteiger partial charge < -0.3 is 13.9 Å². The van der Waals surface area contributed by atoms with Crippen molar-refractivity contribution in [1.82, 2.24) is 19.5 Å². The number of hydrazone groups is 1. The summed E-state index contributed by atoms with van der Waals surface area (Å²) in [7, 11) is 0. The van der Waals surface area contributed by atoms with E-state index in [0.717, 1.165) is 34.5 Å². The van der Waals surface area contributed by atoms with E-state index >= 15 is 0 Å². The lowest BCUT2D eigenvalue weighted by Gasteiger charge is -2.11. The van der Waals surface area contributed by atoms with Gasteiger partial charge >= 0.3 is 0 Å². The molecule has 1 amide bonds. The number of rotatable bonds is 8. The van der Waals surface area contributed by atoms with Crippen molar-refractivity contribution in [2.24, 2.45) is 5.10 Å². The van der Waals surface area contributed by atoms with Gasteiger partial charge in [-0.05, 0) is 68.4 Å². The number of carbonyl (C=O) groups is 1. The average molecular weight is 521 g/mol. The van der Waals surface area contributed by atoms with Crippen LogP contribution in [-0.2, 0) is 0 Å². The van der Waals surface area contributed by atoms with E-state index in [1.54, 1.807) is 24.4 Å². The number of nitro groups is 1. The highest BCUT2D eigenvalue weighted by molar-refractivity contribution is 5.98. The highest BCUT2D eigenvalue weighted by atomic mass is 16.6. The number of aromatic nitrogens is 3. The predicted octanol–water partition coefficient (Wildman–Crippen LogP) is 5.74. The summed E-state index contributed by atoms with van der Waals surface area (Å²) >= 11 is 0. The molecule has 2 aromatic carbocycles. The van der Waals surface area contributed by atoms with Crippen LogP contribution in [0.3, 0.4) is 0 Å². The van der Waals surface area contributed by atoms with E-state index < -0.39 is 4.92 Å². The van der Waals surface area contributed by atoms with Crippen molar-refractivity contribution < 1.29 is 14.5 Å². The van der Waals surface area contributed by atoms with Crippen LogP contribution in [-0.4, -0.2) is 31.2 Å². The van der Waals surface area contributed by atoms with E-state index in [0.29, 0.717) is 11.3 Å². The molecule has 3 aromatic heterocycles. The number of benzene rings is 2. The normalized spacial score (nSPS) is 11.0. The number of aryl methyl sites for hydroxylation is 1. The van der Waals surface area contributed by atoms with Crippen LogP contribution < -0.4 is 10.2 Å². The van der Waals surface area contributed by atoms with Gasteiger partial charge in [-0.25, -0.2) is 10.4 Å². The molecule has 0 spiro atoms. The van der Waals surface area contributed by atoms with Gasteiger partial charge in [0.2, 0.25) is 5.88 Å². The molecule has 10 heteroatoms. The first kappa shape index (κ1) is 25.2. The standard InChI is InChI=1S/C29H24N6O4/c1-20-17-22(18-31-32-29(36)26-7-3-4-8-27(26)33-15-5-6-16-33)21(2)34(20)23-9-12-25(13-10-23)39-28-14-11-24(19-30-28)35(37)38/h3-19H,1-2H3,(H,32,36)/b31-18-. The predicted molar refractivity (Wildman–Crippen MR) is 147 cm³/mol. The molecule has 0 atom stereocenters. The number of amides is 1. The van der Waals surface area contributed by atoms with Crippen LogP contribution in [0.2, 0.25) is 0 Å². The second-order valence-electron chi connectivity index (χ2n) is 8.68. The summed E-state index contributed by atoms with van der Waals surface area (Å²) in [6.45, 7) is 3.96. The molecule has 0 saturated carbocycles. The Morgan fingerprint density at radius 2 is 1.77 bits per heavy atom. The van der Waals surface area contributed by atoms with E-state index in [1.807, 2.05) is 79.3 Å². The van der Waals surface area contributed by atoms with E-state index in [4.69, 9.17) is 4.74 Å². The minimum absolute atomic E-state index is 0.100. The molecule has 5 aromatic rings. The maximum Gasteiger partial charge on any atom is 0.287 e. The molecule has 0 radical (unpaired) electrons. The molecular weight excluding hydrogens is 496 g/mol. The topological polar surface area (TPSA) is 117 Å². The lowest BCUT2D eigenvalue weighted by molar-refractivity contribution is -0.385. The zero-order valence-corrected chi connectivity index (χ0v) is 21.2. The number of carbonyl (C=O) groups excluding carboxylic acids is 1. The summed E-state index contributed by atoms with van der Waals surface area (Å²) in [5, 5.41) is 15.0. The summed E-state index contributed by atoms with van der Waals surface area (Å²) in [5.74, 6) is 0.507. The van der Waals surface area contributed by atoms with Gasteiger partial charge in [-0.1, -0.05) is 12.1 Å². The van der Waals surface area contributed by atoms with Crippen LogP contribution >= 0.6 is 0 Å². The van der Waals surface area contributed by atoms with Gasteiger partial charge in [-0.3, -0.25) is 14.9 Å². The third kappa shape index (κ3) is 5.44. The molecule has 0 unspecified atom stereocenters. The monoisotopic (exact) mass is 520 g/mol. The van der Waals surface area contributed by atoms with Crippen molar-refractivity contribution in [2.45, 2.75) is 13.8 Å². The highest BCUT2D eigenvalue weighted by Gasteiger charge is 2.13. The number of hydrogen-bond acceptors (Lipinski definition) is 6. The quantitative estimate of drug-likeness (QED) is 0.159. The smallest absolute Gasteiger partial charge is 0.287 e. The fraction of sp³-hybridized carbons (Fsp3) is 0.0690. The Morgan fingerprint density at radius 1 is 1.03 bits per heavy atom. The summed E-state index contributed by atoms with van der Waals surface area (Å²) < 4.78 is 9.66. The maximum atomic E-state index is 12.8. The fourth-order valence-electron chi connectivity index (χ4n) is 4.25. The van der Waals surface area contributed by atoms with Crippen molar-refractivity contribution in [3.8, 4) is 23.0 Å². The third-order valence-electron chi connectivity index (χ3n) is 6.12. The molecule has 0 saturated heterocycles. The molecule has 1 N–H and O–H groups in total.